The van der Waals surface area contributed by atoms with Crippen molar-refractivity contribution in [1.82, 2.24) is 34.8 Å². The molecule has 9 nitrogen and oxygen atoms in total. The van der Waals surface area contributed by atoms with E-state index in [4.69, 9.17) is 4.52 Å². The van der Waals surface area contributed by atoms with Gasteiger partial charge in [-0.1, -0.05) is 23.4 Å². The molecule has 1 N–H and O–H groups in total. The first-order valence-electron chi connectivity index (χ1n) is 9.79. The molecule has 3 aromatic rings. The number of aromatic nitrogens is 4. The number of imidazole rings is 1. The van der Waals surface area contributed by atoms with Crippen molar-refractivity contribution in [1.29, 1.82) is 0 Å². The lowest BCUT2D eigenvalue weighted by Crippen LogP contribution is -2.41. The van der Waals surface area contributed by atoms with E-state index in [1.807, 2.05) is 39.9 Å². The maximum absolute atomic E-state index is 12.7. The minimum Gasteiger partial charge on any atom is -0.340 e. The molecule has 0 unspecified atom stereocenters. The number of amides is 2. The van der Waals surface area contributed by atoms with Crippen LogP contribution in [0, 0.1) is 6.92 Å². The summed E-state index contributed by atoms with van der Waals surface area (Å²) in [5, 5.41) is 7.02. The fraction of sp³-hybridized carbons (Fsp3) is 0.400. The quantitative estimate of drug-likeness (QED) is 0.710. The fourth-order valence-electron chi connectivity index (χ4n) is 3.53. The van der Waals surface area contributed by atoms with Crippen LogP contribution in [-0.2, 0) is 13.1 Å². The maximum Gasteiger partial charge on any atom is 0.317 e. The highest BCUT2D eigenvalue weighted by Crippen LogP contribution is 2.14. The van der Waals surface area contributed by atoms with E-state index in [1.54, 1.807) is 19.4 Å². The lowest BCUT2D eigenvalue weighted by atomic mass is 10.1. The molecule has 29 heavy (non-hydrogen) atoms. The number of carbonyl (C=O) groups excluding carboxylic acids is 1. The largest absolute Gasteiger partial charge is 0.340 e. The summed E-state index contributed by atoms with van der Waals surface area (Å²) in [5.74, 6) is 1.27. The topological polar surface area (TPSA) is 92.3 Å². The van der Waals surface area contributed by atoms with Gasteiger partial charge in [0, 0.05) is 52.0 Å². The van der Waals surface area contributed by atoms with E-state index < -0.39 is 0 Å². The Morgan fingerprint density at radius 3 is 2.90 bits per heavy atom. The molecule has 9 heteroatoms. The zero-order valence-electron chi connectivity index (χ0n) is 16.5. The Hall–Kier alpha value is -3.20. The minimum atomic E-state index is -0.0392. The molecule has 1 aliphatic heterocycles. The third-order valence-corrected chi connectivity index (χ3v) is 5.01. The standard InChI is InChI=1S/C20H25N7O2/c1-16-23-19(24-29-16)14-25-8-4-9-26(12-11-25)20(28)22-13-17-5-2-3-6-18(17)27-10-7-21-15-27/h2-3,5-7,10,15H,4,8-9,11-14H2,1H3,(H,22,28). The molecule has 152 valence electrons. The van der Waals surface area contributed by atoms with Gasteiger partial charge in [0.2, 0.25) is 5.89 Å². The third-order valence-electron chi connectivity index (χ3n) is 5.01. The van der Waals surface area contributed by atoms with E-state index in [9.17, 15) is 4.79 Å². The molecule has 0 saturated carbocycles. The van der Waals surface area contributed by atoms with Crippen LogP contribution in [0.3, 0.4) is 0 Å². The van der Waals surface area contributed by atoms with Crippen LogP contribution in [0.25, 0.3) is 5.69 Å². The molecule has 0 spiro atoms. The number of aryl methyl sites for hydroxylation is 1. The van der Waals surface area contributed by atoms with Gasteiger partial charge in [0.15, 0.2) is 5.82 Å². The van der Waals surface area contributed by atoms with Gasteiger partial charge in [-0.25, -0.2) is 9.78 Å². The van der Waals surface area contributed by atoms with Crippen molar-refractivity contribution in [2.45, 2.75) is 26.4 Å². The van der Waals surface area contributed by atoms with Crippen molar-refractivity contribution in [2.24, 2.45) is 0 Å². The molecule has 4 rings (SSSR count). The average molecular weight is 395 g/mol. The number of benzene rings is 1. The summed E-state index contributed by atoms with van der Waals surface area (Å²) in [5.41, 5.74) is 2.06. The molecule has 0 atom stereocenters. The smallest absolute Gasteiger partial charge is 0.317 e. The van der Waals surface area contributed by atoms with E-state index in [0.29, 0.717) is 31.3 Å². The van der Waals surface area contributed by atoms with Crippen LogP contribution in [0.15, 0.2) is 47.5 Å². The molecular formula is C20H25N7O2. The van der Waals surface area contributed by atoms with Gasteiger partial charge in [-0.3, -0.25) is 4.90 Å². The number of nitrogens with one attached hydrogen (secondary N) is 1. The Balaban J connectivity index is 1.31. The second kappa shape index (κ2) is 8.87. The molecule has 2 amide bonds. The van der Waals surface area contributed by atoms with E-state index in [0.717, 1.165) is 37.3 Å². The molecule has 1 fully saturated rings. The number of hydrogen-bond donors (Lipinski definition) is 1. The van der Waals surface area contributed by atoms with Gasteiger partial charge in [0.1, 0.15) is 0 Å². The highest BCUT2D eigenvalue weighted by Gasteiger charge is 2.20. The summed E-state index contributed by atoms with van der Waals surface area (Å²) in [6.45, 7) is 5.99. The number of para-hydroxylation sites is 1. The van der Waals surface area contributed by atoms with Crippen LogP contribution in [0.5, 0.6) is 0 Å². The highest BCUT2D eigenvalue weighted by atomic mass is 16.5. The fourth-order valence-corrected chi connectivity index (χ4v) is 3.53. The van der Waals surface area contributed by atoms with Crippen molar-refractivity contribution in [3.05, 3.63) is 60.3 Å². The lowest BCUT2D eigenvalue weighted by molar-refractivity contribution is 0.196. The van der Waals surface area contributed by atoms with Gasteiger partial charge in [0.25, 0.3) is 0 Å². The van der Waals surface area contributed by atoms with Crippen LogP contribution in [0.1, 0.15) is 23.7 Å². The SMILES string of the molecule is Cc1nc(CN2CCCN(C(=O)NCc3ccccc3-n3ccnc3)CC2)no1. The molecule has 1 saturated heterocycles. The van der Waals surface area contributed by atoms with E-state index in [2.05, 4.69) is 25.3 Å². The van der Waals surface area contributed by atoms with Crippen molar-refractivity contribution in [2.75, 3.05) is 26.2 Å². The average Bonchev–Trinajstić information content (AvgIpc) is 3.34. The normalized spacial score (nSPS) is 15.3. The van der Waals surface area contributed by atoms with Crippen LogP contribution < -0.4 is 5.32 Å². The first kappa shape index (κ1) is 19.1. The summed E-state index contributed by atoms with van der Waals surface area (Å²) in [6.07, 6.45) is 6.31. The molecule has 0 aliphatic carbocycles. The van der Waals surface area contributed by atoms with Crippen LogP contribution in [0.4, 0.5) is 4.79 Å². The molecule has 1 aliphatic rings. The molecular weight excluding hydrogens is 370 g/mol. The number of carbonyl (C=O) groups is 1. The Labute approximate surface area is 169 Å². The Kier molecular flexibility index (Phi) is 5.85. The molecule has 2 aromatic heterocycles. The summed E-state index contributed by atoms with van der Waals surface area (Å²) < 4.78 is 6.99. The van der Waals surface area contributed by atoms with Crippen LogP contribution >= 0.6 is 0 Å². The Morgan fingerprint density at radius 1 is 1.21 bits per heavy atom. The van der Waals surface area contributed by atoms with Gasteiger partial charge in [-0.2, -0.15) is 4.98 Å². The van der Waals surface area contributed by atoms with Gasteiger partial charge < -0.3 is 19.3 Å². The van der Waals surface area contributed by atoms with Gasteiger partial charge >= 0.3 is 6.03 Å². The number of urea groups is 1. The Morgan fingerprint density at radius 2 is 2.10 bits per heavy atom. The first-order valence-corrected chi connectivity index (χ1v) is 9.79. The summed E-state index contributed by atoms with van der Waals surface area (Å²) >= 11 is 0. The molecule has 3 heterocycles. The van der Waals surface area contributed by atoms with Gasteiger partial charge in [0.05, 0.1) is 18.6 Å². The van der Waals surface area contributed by atoms with Crippen molar-refractivity contribution >= 4 is 6.03 Å². The maximum atomic E-state index is 12.7. The predicted octanol–water partition coefficient (Wildman–Crippen LogP) is 1.98. The zero-order valence-corrected chi connectivity index (χ0v) is 16.5. The summed E-state index contributed by atoms with van der Waals surface area (Å²) in [7, 11) is 0. The van der Waals surface area contributed by atoms with Gasteiger partial charge in [-0.05, 0) is 18.1 Å². The lowest BCUT2D eigenvalue weighted by Gasteiger charge is -2.22. The van der Waals surface area contributed by atoms with E-state index >= 15 is 0 Å². The van der Waals surface area contributed by atoms with Crippen molar-refractivity contribution < 1.29 is 9.32 Å². The van der Waals surface area contributed by atoms with Crippen molar-refractivity contribution in [3.63, 3.8) is 0 Å². The number of hydrogen-bond acceptors (Lipinski definition) is 6. The number of nitrogens with zero attached hydrogens (tertiary/aromatic N) is 6. The second-order valence-corrected chi connectivity index (χ2v) is 7.10. The summed E-state index contributed by atoms with van der Waals surface area (Å²) in [4.78, 5) is 25.2. The molecule has 0 bridgehead atoms. The van der Waals surface area contributed by atoms with Crippen LogP contribution in [0.2, 0.25) is 0 Å². The Bertz CT molecular complexity index is 938. The first-order chi connectivity index (χ1) is 14.2. The molecule has 0 radical (unpaired) electrons. The number of rotatable bonds is 5. The second-order valence-electron chi connectivity index (χ2n) is 7.10. The third kappa shape index (κ3) is 4.80. The highest BCUT2D eigenvalue weighted by molar-refractivity contribution is 5.74. The van der Waals surface area contributed by atoms with Gasteiger partial charge in [-0.15, -0.1) is 0 Å². The predicted molar refractivity (Wildman–Crippen MR) is 106 cm³/mol. The van der Waals surface area contributed by atoms with Crippen LogP contribution in [-0.4, -0.2) is 61.7 Å². The van der Waals surface area contributed by atoms with E-state index in [1.165, 1.54) is 0 Å². The minimum absolute atomic E-state index is 0.0392. The van der Waals surface area contributed by atoms with E-state index in [-0.39, 0.29) is 6.03 Å². The monoisotopic (exact) mass is 395 g/mol. The molecule has 1 aromatic carbocycles. The zero-order chi connectivity index (χ0) is 20.1. The summed E-state index contributed by atoms with van der Waals surface area (Å²) in [6, 6.07) is 7.96. The van der Waals surface area contributed by atoms with Crippen molar-refractivity contribution in [3.8, 4) is 5.69 Å².